The van der Waals surface area contributed by atoms with Crippen molar-refractivity contribution >= 4 is 29.2 Å². The number of rotatable bonds is 8. The Hall–Kier alpha value is -3.54. The molecule has 5 nitrogen and oxygen atoms in total. The zero-order chi connectivity index (χ0) is 24.9. The van der Waals surface area contributed by atoms with E-state index in [-0.39, 0.29) is 21.8 Å². The van der Waals surface area contributed by atoms with Gasteiger partial charge >= 0.3 is 5.97 Å². The van der Waals surface area contributed by atoms with Crippen molar-refractivity contribution in [2.75, 3.05) is 0 Å². The van der Waals surface area contributed by atoms with E-state index >= 15 is 0 Å². The fourth-order valence-corrected chi connectivity index (χ4v) is 4.75. The molecule has 2 atom stereocenters. The SMILES string of the molecule is Cc1ccccc1[C@H](CC(N=O)c1cc(Cl)nc(Cl)c1)c1ccc(-c2ccc(C(=O)O)cc2)cc1. The van der Waals surface area contributed by atoms with Gasteiger partial charge in [0, 0.05) is 5.92 Å². The van der Waals surface area contributed by atoms with E-state index in [0.29, 0.717) is 12.0 Å². The Kier molecular flexibility index (Phi) is 7.59. The second-order valence-electron chi connectivity index (χ2n) is 8.32. The fraction of sp³-hybridized carbons (Fsp3) is 0.143. The molecule has 0 saturated carbocycles. The first kappa shape index (κ1) is 24.6. The number of hydrogen-bond donors (Lipinski definition) is 1. The largest absolute Gasteiger partial charge is 0.478 e. The van der Waals surface area contributed by atoms with Crippen LogP contribution in [0.5, 0.6) is 0 Å². The molecule has 4 rings (SSSR count). The average molecular weight is 505 g/mol. The summed E-state index contributed by atoms with van der Waals surface area (Å²) in [5, 5.41) is 13.0. The van der Waals surface area contributed by atoms with E-state index in [0.717, 1.165) is 27.8 Å². The van der Waals surface area contributed by atoms with Crippen molar-refractivity contribution in [1.29, 1.82) is 0 Å². The number of benzene rings is 3. The van der Waals surface area contributed by atoms with E-state index in [9.17, 15) is 9.70 Å². The van der Waals surface area contributed by atoms with Crippen LogP contribution in [-0.2, 0) is 0 Å². The lowest BCUT2D eigenvalue weighted by Crippen LogP contribution is -2.09. The van der Waals surface area contributed by atoms with E-state index in [1.54, 1.807) is 36.4 Å². The summed E-state index contributed by atoms with van der Waals surface area (Å²) in [6, 6.07) is 25.5. The summed E-state index contributed by atoms with van der Waals surface area (Å²) in [5.41, 5.74) is 6.00. The molecular weight excluding hydrogens is 483 g/mol. The van der Waals surface area contributed by atoms with Gasteiger partial charge in [0.25, 0.3) is 0 Å². The Morgan fingerprint density at radius 2 is 1.46 bits per heavy atom. The summed E-state index contributed by atoms with van der Waals surface area (Å²) in [5.74, 6) is -1.06. The first-order chi connectivity index (χ1) is 16.9. The number of aryl methyl sites for hydroxylation is 1. The number of carboxylic acids is 1. The topological polar surface area (TPSA) is 79.6 Å². The Morgan fingerprint density at radius 1 is 0.886 bits per heavy atom. The van der Waals surface area contributed by atoms with Gasteiger partial charge in [-0.25, -0.2) is 9.78 Å². The summed E-state index contributed by atoms with van der Waals surface area (Å²) >= 11 is 12.2. The van der Waals surface area contributed by atoms with Gasteiger partial charge in [0.15, 0.2) is 0 Å². The molecule has 4 aromatic rings. The molecule has 35 heavy (non-hydrogen) atoms. The Labute approximate surface area is 213 Å². The highest BCUT2D eigenvalue weighted by molar-refractivity contribution is 6.32. The van der Waals surface area contributed by atoms with Crippen molar-refractivity contribution in [3.05, 3.63) is 128 Å². The Morgan fingerprint density at radius 3 is 2.00 bits per heavy atom. The highest BCUT2D eigenvalue weighted by Gasteiger charge is 2.24. The number of nitroso groups, excluding NO2 is 1. The predicted octanol–water partition coefficient (Wildman–Crippen LogP) is 8.09. The standard InChI is InChI=1S/C28H22Cl2N2O3/c1-17-4-2-3-5-23(17)24(16-25(32-35)22-14-26(29)31-27(30)15-22)20-10-6-18(7-11-20)19-8-12-21(13-9-19)28(33)34/h2-15,24-25H,16H2,1H3,(H,33,34)/t24-,25?/m1/s1. The molecule has 7 heteroatoms. The maximum Gasteiger partial charge on any atom is 0.335 e. The molecule has 1 N–H and O–H groups in total. The van der Waals surface area contributed by atoms with Gasteiger partial charge in [0.2, 0.25) is 0 Å². The number of carbonyl (C=O) groups is 1. The molecule has 0 saturated heterocycles. The van der Waals surface area contributed by atoms with Crippen molar-refractivity contribution < 1.29 is 9.90 Å². The summed E-state index contributed by atoms with van der Waals surface area (Å²) < 4.78 is 0. The van der Waals surface area contributed by atoms with Crippen LogP contribution in [0.15, 0.2) is 90.1 Å². The number of carboxylic acid groups (broad SMARTS) is 1. The summed E-state index contributed by atoms with van der Waals surface area (Å²) in [4.78, 5) is 27.0. The van der Waals surface area contributed by atoms with Crippen LogP contribution in [0, 0.1) is 11.8 Å². The molecule has 0 aliphatic carbocycles. The van der Waals surface area contributed by atoms with Crippen LogP contribution in [0.1, 0.15) is 51.0 Å². The molecule has 3 aromatic carbocycles. The lowest BCUT2D eigenvalue weighted by molar-refractivity contribution is 0.0697. The smallest absolute Gasteiger partial charge is 0.335 e. The highest BCUT2D eigenvalue weighted by atomic mass is 35.5. The lowest BCUT2D eigenvalue weighted by atomic mass is 9.82. The van der Waals surface area contributed by atoms with Crippen LogP contribution < -0.4 is 0 Å². The summed E-state index contributed by atoms with van der Waals surface area (Å²) in [6.45, 7) is 2.05. The normalized spacial score (nSPS) is 12.7. The predicted molar refractivity (Wildman–Crippen MR) is 139 cm³/mol. The molecule has 1 heterocycles. The quantitative estimate of drug-likeness (QED) is 0.194. The monoisotopic (exact) mass is 504 g/mol. The second kappa shape index (κ2) is 10.8. The van der Waals surface area contributed by atoms with Crippen molar-refractivity contribution in [3.8, 4) is 11.1 Å². The minimum absolute atomic E-state index is 0.104. The van der Waals surface area contributed by atoms with E-state index in [1.165, 1.54) is 0 Å². The van der Waals surface area contributed by atoms with E-state index in [2.05, 4.69) is 16.2 Å². The van der Waals surface area contributed by atoms with E-state index < -0.39 is 12.0 Å². The van der Waals surface area contributed by atoms with Gasteiger partial charge in [0.1, 0.15) is 16.3 Å². The Balaban J connectivity index is 1.69. The van der Waals surface area contributed by atoms with Crippen LogP contribution in [0.2, 0.25) is 10.3 Å². The van der Waals surface area contributed by atoms with Crippen molar-refractivity contribution in [3.63, 3.8) is 0 Å². The summed E-state index contributed by atoms with van der Waals surface area (Å²) in [6.07, 6.45) is 0.428. The van der Waals surface area contributed by atoms with Crippen LogP contribution in [0.4, 0.5) is 0 Å². The average Bonchev–Trinajstić information content (AvgIpc) is 2.85. The molecule has 0 amide bonds. The maximum atomic E-state index is 11.9. The zero-order valence-corrected chi connectivity index (χ0v) is 20.4. The molecular formula is C28H22Cl2N2O3. The van der Waals surface area contributed by atoms with Crippen LogP contribution in [0.3, 0.4) is 0 Å². The van der Waals surface area contributed by atoms with Gasteiger partial charge < -0.3 is 5.11 Å². The molecule has 0 spiro atoms. The number of hydrogen-bond acceptors (Lipinski definition) is 4. The number of halogens is 2. The van der Waals surface area contributed by atoms with Gasteiger partial charge in [-0.1, -0.05) is 89.0 Å². The fourth-order valence-electron chi connectivity index (χ4n) is 4.27. The number of aromatic carboxylic acids is 1. The van der Waals surface area contributed by atoms with Crippen molar-refractivity contribution in [2.24, 2.45) is 5.18 Å². The Bertz CT molecular complexity index is 1340. The summed E-state index contributed by atoms with van der Waals surface area (Å²) in [7, 11) is 0. The van der Waals surface area contributed by atoms with E-state index in [4.69, 9.17) is 28.3 Å². The molecule has 1 aromatic heterocycles. The minimum atomic E-state index is -0.955. The third-order valence-corrected chi connectivity index (χ3v) is 6.49. The molecule has 1 unspecified atom stereocenters. The first-order valence-electron chi connectivity index (χ1n) is 11.0. The molecule has 0 aliphatic rings. The van der Waals surface area contributed by atoms with Crippen LogP contribution in [-0.4, -0.2) is 16.1 Å². The van der Waals surface area contributed by atoms with Gasteiger partial charge in [-0.15, -0.1) is 0 Å². The minimum Gasteiger partial charge on any atom is -0.478 e. The van der Waals surface area contributed by atoms with Crippen molar-refractivity contribution in [2.45, 2.75) is 25.3 Å². The van der Waals surface area contributed by atoms with Crippen LogP contribution >= 0.6 is 23.2 Å². The lowest BCUT2D eigenvalue weighted by Gasteiger charge is -2.23. The maximum absolute atomic E-state index is 11.9. The number of nitrogens with zero attached hydrogens (tertiary/aromatic N) is 2. The first-order valence-corrected chi connectivity index (χ1v) is 11.8. The number of aromatic nitrogens is 1. The third-order valence-electron chi connectivity index (χ3n) is 6.10. The van der Waals surface area contributed by atoms with Gasteiger partial charge in [-0.05, 0) is 71.0 Å². The molecule has 176 valence electrons. The molecule has 0 radical (unpaired) electrons. The molecule has 0 aliphatic heterocycles. The third kappa shape index (κ3) is 5.76. The van der Waals surface area contributed by atoms with Gasteiger partial charge in [0.05, 0.1) is 5.56 Å². The zero-order valence-electron chi connectivity index (χ0n) is 18.9. The number of pyridine rings is 1. The molecule has 0 fully saturated rings. The highest BCUT2D eigenvalue weighted by Crippen LogP contribution is 2.38. The van der Waals surface area contributed by atoms with E-state index in [1.807, 2.05) is 49.4 Å². The van der Waals surface area contributed by atoms with Crippen molar-refractivity contribution in [1.82, 2.24) is 4.98 Å². The van der Waals surface area contributed by atoms with Gasteiger partial charge in [-0.3, -0.25) is 0 Å². The molecule has 0 bridgehead atoms. The second-order valence-corrected chi connectivity index (χ2v) is 9.09. The van der Waals surface area contributed by atoms with Gasteiger partial charge in [-0.2, -0.15) is 4.91 Å². The van der Waals surface area contributed by atoms with Crippen LogP contribution in [0.25, 0.3) is 11.1 Å².